The third-order valence-corrected chi connectivity index (χ3v) is 4.24. The monoisotopic (exact) mass is 373 g/mol. The summed E-state index contributed by atoms with van der Waals surface area (Å²) >= 11 is 0. The van der Waals surface area contributed by atoms with Crippen LogP contribution >= 0.6 is 0 Å². The van der Waals surface area contributed by atoms with Crippen molar-refractivity contribution in [3.05, 3.63) is 54.1 Å². The zero-order valence-electron chi connectivity index (χ0n) is 14.4. The van der Waals surface area contributed by atoms with E-state index in [-0.39, 0.29) is 11.6 Å². The molecule has 0 unspecified atom stereocenters. The lowest BCUT2D eigenvalue weighted by Gasteiger charge is -2.16. The Labute approximate surface area is 154 Å². The topological polar surface area (TPSA) is 87.3 Å². The molecular formula is C19H17F2N3O3. The molecule has 1 aliphatic carbocycles. The Morgan fingerprint density at radius 1 is 0.889 bits per heavy atom. The summed E-state index contributed by atoms with van der Waals surface area (Å²) in [5.74, 6) is -3.10. The molecule has 1 fully saturated rings. The second-order valence-corrected chi connectivity index (χ2v) is 6.38. The van der Waals surface area contributed by atoms with Gasteiger partial charge >= 0.3 is 0 Å². The van der Waals surface area contributed by atoms with E-state index in [9.17, 15) is 23.2 Å². The summed E-state index contributed by atoms with van der Waals surface area (Å²) in [6, 6.07) is 9.27. The third kappa shape index (κ3) is 4.11. The van der Waals surface area contributed by atoms with Crippen LogP contribution in [0.2, 0.25) is 0 Å². The summed E-state index contributed by atoms with van der Waals surface area (Å²) in [5.41, 5.74) is -0.570. The van der Waals surface area contributed by atoms with E-state index < -0.39 is 28.9 Å². The molecule has 140 valence electrons. The van der Waals surface area contributed by atoms with Gasteiger partial charge in [0.05, 0.1) is 5.69 Å². The van der Waals surface area contributed by atoms with E-state index in [2.05, 4.69) is 16.0 Å². The summed E-state index contributed by atoms with van der Waals surface area (Å²) in [4.78, 5) is 36.2. The van der Waals surface area contributed by atoms with Gasteiger partial charge in [0.2, 0.25) is 17.7 Å². The average molecular weight is 373 g/mol. The number of anilines is 3. The number of hydrogen-bond donors (Lipinski definition) is 3. The molecule has 0 aromatic heterocycles. The molecule has 3 rings (SSSR count). The zero-order chi connectivity index (χ0) is 19.6. The normalized spacial score (nSPS) is 14.2. The van der Waals surface area contributed by atoms with Gasteiger partial charge in [-0.05, 0) is 43.2 Å². The van der Waals surface area contributed by atoms with Crippen LogP contribution in [0.3, 0.4) is 0 Å². The standard InChI is InChI=1S/C19H17F2N3O3/c1-11(25)22-13-3-2-4-14(10-13)23-17(26)19(7-8-19)18(27)24-16-6-5-12(20)9-15(16)21/h2-6,9-10H,7-8H2,1H3,(H,22,25)(H,23,26)(H,24,27). The lowest BCUT2D eigenvalue weighted by atomic mass is 10.0. The number of carbonyl (C=O) groups is 3. The Balaban J connectivity index is 1.70. The van der Waals surface area contributed by atoms with Crippen LogP contribution < -0.4 is 16.0 Å². The average Bonchev–Trinajstić information content (AvgIpc) is 3.39. The van der Waals surface area contributed by atoms with Crippen LogP contribution in [0.4, 0.5) is 25.8 Å². The molecule has 2 aromatic carbocycles. The fourth-order valence-electron chi connectivity index (χ4n) is 2.64. The Hall–Kier alpha value is -3.29. The highest BCUT2D eigenvalue weighted by atomic mass is 19.1. The van der Waals surface area contributed by atoms with Gasteiger partial charge in [0.15, 0.2) is 0 Å². The summed E-state index contributed by atoms with van der Waals surface area (Å²) in [6.45, 7) is 1.36. The van der Waals surface area contributed by atoms with E-state index >= 15 is 0 Å². The molecule has 3 amide bonds. The minimum absolute atomic E-state index is 0.187. The van der Waals surface area contributed by atoms with Crippen molar-refractivity contribution < 1.29 is 23.2 Å². The van der Waals surface area contributed by atoms with Crippen LogP contribution in [0.25, 0.3) is 0 Å². The first-order chi connectivity index (χ1) is 12.8. The number of amides is 3. The van der Waals surface area contributed by atoms with Crippen LogP contribution in [-0.4, -0.2) is 17.7 Å². The molecule has 0 bridgehead atoms. The van der Waals surface area contributed by atoms with Crippen LogP contribution in [0.15, 0.2) is 42.5 Å². The van der Waals surface area contributed by atoms with Crippen molar-refractivity contribution in [3.63, 3.8) is 0 Å². The lowest BCUT2D eigenvalue weighted by Crippen LogP contribution is -2.35. The van der Waals surface area contributed by atoms with Crippen LogP contribution in [0.1, 0.15) is 19.8 Å². The minimum Gasteiger partial charge on any atom is -0.326 e. The van der Waals surface area contributed by atoms with Gasteiger partial charge < -0.3 is 16.0 Å². The Kier molecular flexibility index (Phi) is 4.89. The van der Waals surface area contributed by atoms with E-state index in [1.807, 2.05) is 0 Å². The second kappa shape index (κ2) is 7.14. The van der Waals surface area contributed by atoms with Crippen molar-refractivity contribution in [3.8, 4) is 0 Å². The quantitative estimate of drug-likeness (QED) is 0.703. The van der Waals surface area contributed by atoms with Gasteiger partial charge in [-0.15, -0.1) is 0 Å². The van der Waals surface area contributed by atoms with Crippen molar-refractivity contribution in [1.29, 1.82) is 0 Å². The summed E-state index contributed by atoms with van der Waals surface area (Å²) in [5, 5.41) is 7.59. The predicted molar refractivity (Wildman–Crippen MR) is 96.0 cm³/mol. The second-order valence-electron chi connectivity index (χ2n) is 6.38. The molecule has 0 spiro atoms. The van der Waals surface area contributed by atoms with Gasteiger partial charge in [-0.3, -0.25) is 14.4 Å². The number of nitrogens with one attached hydrogen (secondary N) is 3. The van der Waals surface area contributed by atoms with Gasteiger partial charge in [0, 0.05) is 24.4 Å². The van der Waals surface area contributed by atoms with Gasteiger partial charge in [0.1, 0.15) is 17.0 Å². The largest absolute Gasteiger partial charge is 0.326 e. The first-order valence-corrected chi connectivity index (χ1v) is 8.26. The fraction of sp³-hybridized carbons (Fsp3) is 0.211. The summed E-state index contributed by atoms with van der Waals surface area (Å²) in [7, 11) is 0. The third-order valence-electron chi connectivity index (χ3n) is 4.24. The Morgan fingerprint density at radius 2 is 1.52 bits per heavy atom. The first-order valence-electron chi connectivity index (χ1n) is 8.26. The molecule has 3 N–H and O–H groups in total. The maximum Gasteiger partial charge on any atom is 0.240 e. The molecule has 8 heteroatoms. The minimum atomic E-state index is -1.30. The number of benzene rings is 2. The highest BCUT2D eigenvalue weighted by Gasteiger charge is 2.56. The maximum atomic E-state index is 13.7. The Morgan fingerprint density at radius 3 is 2.11 bits per heavy atom. The molecule has 0 aliphatic heterocycles. The van der Waals surface area contributed by atoms with Gasteiger partial charge in [0.25, 0.3) is 0 Å². The number of hydrogen-bond acceptors (Lipinski definition) is 3. The number of halogens is 2. The van der Waals surface area contributed by atoms with Crippen LogP contribution in [0, 0.1) is 17.0 Å². The number of rotatable bonds is 5. The molecule has 1 saturated carbocycles. The summed E-state index contributed by atoms with van der Waals surface area (Å²) < 4.78 is 26.7. The maximum absolute atomic E-state index is 13.7. The van der Waals surface area contributed by atoms with E-state index in [1.165, 1.54) is 6.92 Å². The first kappa shape index (κ1) is 18.5. The molecule has 6 nitrogen and oxygen atoms in total. The smallest absolute Gasteiger partial charge is 0.240 e. The van der Waals surface area contributed by atoms with Gasteiger partial charge in [-0.1, -0.05) is 6.07 Å². The van der Waals surface area contributed by atoms with Gasteiger partial charge in [-0.25, -0.2) is 8.78 Å². The molecule has 0 atom stereocenters. The molecule has 27 heavy (non-hydrogen) atoms. The molecule has 0 radical (unpaired) electrons. The molecule has 0 heterocycles. The van der Waals surface area contributed by atoms with E-state index in [0.717, 1.165) is 12.1 Å². The fourth-order valence-corrected chi connectivity index (χ4v) is 2.64. The molecule has 2 aromatic rings. The van der Waals surface area contributed by atoms with Crippen LogP contribution in [-0.2, 0) is 14.4 Å². The van der Waals surface area contributed by atoms with Crippen molar-refractivity contribution in [2.75, 3.05) is 16.0 Å². The van der Waals surface area contributed by atoms with Crippen molar-refractivity contribution >= 4 is 34.8 Å². The lowest BCUT2D eigenvalue weighted by molar-refractivity contribution is -0.131. The summed E-state index contributed by atoms with van der Waals surface area (Å²) in [6.07, 6.45) is 0.637. The SMILES string of the molecule is CC(=O)Nc1cccc(NC(=O)C2(C(=O)Nc3ccc(F)cc3F)CC2)c1. The van der Waals surface area contributed by atoms with E-state index in [0.29, 0.717) is 30.3 Å². The molecular weight excluding hydrogens is 356 g/mol. The highest BCUT2D eigenvalue weighted by molar-refractivity contribution is 6.17. The molecule has 1 aliphatic rings. The van der Waals surface area contributed by atoms with Crippen molar-refractivity contribution in [1.82, 2.24) is 0 Å². The molecule has 0 saturated heterocycles. The zero-order valence-corrected chi connectivity index (χ0v) is 14.4. The van der Waals surface area contributed by atoms with Crippen molar-refractivity contribution in [2.24, 2.45) is 5.41 Å². The van der Waals surface area contributed by atoms with Crippen molar-refractivity contribution in [2.45, 2.75) is 19.8 Å². The van der Waals surface area contributed by atoms with Gasteiger partial charge in [-0.2, -0.15) is 0 Å². The van der Waals surface area contributed by atoms with E-state index in [4.69, 9.17) is 0 Å². The van der Waals surface area contributed by atoms with E-state index in [1.54, 1.807) is 24.3 Å². The predicted octanol–water partition coefficient (Wildman–Crippen LogP) is 3.28. The highest BCUT2D eigenvalue weighted by Crippen LogP contribution is 2.47. The Bertz CT molecular complexity index is 926. The van der Waals surface area contributed by atoms with Crippen LogP contribution in [0.5, 0.6) is 0 Å². The number of carbonyl (C=O) groups excluding carboxylic acids is 3.